The summed E-state index contributed by atoms with van der Waals surface area (Å²) in [5, 5.41) is 11.4. The smallest absolute Gasteiger partial charge is 0.308 e. The largest absolute Gasteiger partial charge is 0.490 e. The summed E-state index contributed by atoms with van der Waals surface area (Å²) < 4.78 is 12.5. The molecule has 0 atom stereocenters. The van der Waals surface area contributed by atoms with Crippen molar-refractivity contribution in [2.75, 3.05) is 6.61 Å². The number of hydrogen-bond acceptors (Lipinski definition) is 8. The molecule has 0 spiro atoms. The van der Waals surface area contributed by atoms with Crippen molar-refractivity contribution in [1.29, 1.82) is 0 Å². The van der Waals surface area contributed by atoms with Gasteiger partial charge in [0.15, 0.2) is 16.5 Å². The van der Waals surface area contributed by atoms with Gasteiger partial charge in [0.2, 0.25) is 0 Å². The number of nitro groups is 1. The lowest BCUT2D eigenvalue weighted by Gasteiger charge is -2.12. The van der Waals surface area contributed by atoms with Crippen molar-refractivity contribution >= 4 is 45.1 Å². The average Bonchev–Trinajstić information content (AvgIpc) is 3.20. The van der Waals surface area contributed by atoms with Gasteiger partial charge in [-0.3, -0.25) is 19.7 Å². The topological polar surface area (TPSA) is 113 Å². The first-order valence-corrected chi connectivity index (χ1v) is 9.76. The molecule has 0 aliphatic carbocycles. The number of carbonyl (C=O) groups is 1. The monoisotopic (exact) mass is 425 g/mol. The van der Waals surface area contributed by atoms with Gasteiger partial charge in [-0.25, -0.2) is 9.38 Å². The van der Waals surface area contributed by atoms with E-state index in [2.05, 4.69) is 4.98 Å². The number of aromatic nitrogens is 2. The van der Waals surface area contributed by atoms with Gasteiger partial charge in [0, 0.05) is 18.6 Å². The van der Waals surface area contributed by atoms with Gasteiger partial charge in [-0.1, -0.05) is 23.5 Å². The van der Waals surface area contributed by atoms with Crippen molar-refractivity contribution < 1.29 is 19.2 Å². The van der Waals surface area contributed by atoms with Crippen LogP contribution >= 0.6 is 11.3 Å². The maximum atomic E-state index is 13.0. The highest BCUT2D eigenvalue weighted by Crippen LogP contribution is 2.36. The molecule has 0 radical (unpaired) electrons. The van der Waals surface area contributed by atoms with E-state index in [4.69, 9.17) is 9.47 Å². The number of benzene rings is 2. The summed E-state index contributed by atoms with van der Waals surface area (Å²) in [4.78, 5) is 40.3. The van der Waals surface area contributed by atoms with Crippen LogP contribution in [0.2, 0.25) is 0 Å². The number of nitrogens with zero attached hydrogens (tertiary/aromatic N) is 3. The highest BCUT2D eigenvalue weighted by molar-refractivity contribution is 7.15. The molecule has 0 amide bonds. The van der Waals surface area contributed by atoms with Crippen molar-refractivity contribution in [3.63, 3.8) is 0 Å². The third kappa shape index (κ3) is 3.37. The van der Waals surface area contributed by atoms with Crippen molar-refractivity contribution in [2.45, 2.75) is 13.8 Å². The van der Waals surface area contributed by atoms with E-state index in [1.54, 1.807) is 13.0 Å². The maximum Gasteiger partial charge on any atom is 0.308 e. The first kappa shape index (κ1) is 19.5. The molecule has 0 bridgehead atoms. The molecule has 4 rings (SSSR count). The molecule has 2 heterocycles. The summed E-state index contributed by atoms with van der Waals surface area (Å²) in [5.74, 6) is -0.550. The molecular weight excluding hydrogens is 410 g/mol. The lowest BCUT2D eigenvalue weighted by molar-refractivity contribution is -0.385. The number of rotatable bonds is 5. The Labute approximate surface area is 172 Å². The normalized spacial score (nSPS) is 11.9. The Kier molecular flexibility index (Phi) is 4.92. The summed E-state index contributed by atoms with van der Waals surface area (Å²) in [6, 6.07) is 9.67. The Bertz CT molecular complexity index is 1420. The fourth-order valence-corrected chi connectivity index (χ4v) is 4.07. The highest BCUT2D eigenvalue weighted by atomic mass is 32.1. The van der Waals surface area contributed by atoms with Crippen LogP contribution in [0.3, 0.4) is 0 Å². The zero-order valence-corrected chi connectivity index (χ0v) is 16.8. The Morgan fingerprint density at radius 3 is 2.80 bits per heavy atom. The number of nitro benzene ring substituents is 1. The third-order valence-corrected chi connectivity index (χ3v) is 5.23. The Balaban J connectivity index is 2.00. The molecule has 0 aliphatic rings. The Morgan fingerprint density at radius 1 is 1.33 bits per heavy atom. The van der Waals surface area contributed by atoms with E-state index in [1.807, 2.05) is 18.2 Å². The van der Waals surface area contributed by atoms with Gasteiger partial charge in [0.1, 0.15) is 0 Å². The summed E-state index contributed by atoms with van der Waals surface area (Å²) in [6.07, 6.45) is 1.45. The highest BCUT2D eigenvalue weighted by Gasteiger charge is 2.20. The number of carbonyl (C=O) groups excluding carboxylic acids is 1. The van der Waals surface area contributed by atoms with Crippen molar-refractivity contribution in [3.05, 3.63) is 67.0 Å². The van der Waals surface area contributed by atoms with Crippen molar-refractivity contribution in [1.82, 2.24) is 9.38 Å². The van der Waals surface area contributed by atoms with E-state index in [-0.39, 0.29) is 34.9 Å². The average molecular weight is 425 g/mol. The number of fused-ring (bicyclic) bond motifs is 3. The van der Waals surface area contributed by atoms with Crippen LogP contribution in [0.15, 0.2) is 41.2 Å². The molecule has 152 valence electrons. The molecule has 0 aliphatic heterocycles. The molecule has 0 saturated carbocycles. The van der Waals surface area contributed by atoms with E-state index < -0.39 is 10.9 Å². The van der Waals surface area contributed by atoms with Crippen LogP contribution in [0.4, 0.5) is 5.69 Å². The maximum absolute atomic E-state index is 13.0. The van der Waals surface area contributed by atoms with Gasteiger partial charge in [0.25, 0.3) is 11.2 Å². The van der Waals surface area contributed by atoms with Crippen LogP contribution in [0, 0.1) is 10.1 Å². The molecule has 0 N–H and O–H groups in total. The van der Waals surface area contributed by atoms with Crippen molar-refractivity contribution in [2.24, 2.45) is 0 Å². The van der Waals surface area contributed by atoms with E-state index in [0.717, 1.165) is 11.3 Å². The van der Waals surface area contributed by atoms with Crippen LogP contribution < -0.4 is 19.6 Å². The van der Waals surface area contributed by atoms with Crippen LogP contribution in [-0.4, -0.2) is 26.9 Å². The molecular formula is C20H15N3O6S. The fraction of sp³-hybridized carbons (Fsp3) is 0.150. The minimum Gasteiger partial charge on any atom is -0.490 e. The lowest BCUT2D eigenvalue weighted by Crippen LogP contribution is -2.22. The van der Waals surface area contributed by atoms with Gasteiger partial charge in [-0.05, 0) is 25.1 Å². The second kappa shape index (κ2) is 7.56. The Hall–Kier alpha value is -3.79. The number of para-hydroxylation sites is 2. The molecule has 2 aromatic carbocycles. The fourth-order valence-electron chi connectivity index (χ4n) is 3.09. The summed E-state index contributed by atoms with van der Waals surface area (Å²) in [5.41, 5.74) is 0.986. The van der Waals surface area contributed by atoms with Crippen LogP contribution in [0.25, 0.3) is 22.1 Å². The van der Waals surface area contributed by atoms with E-state index in [1.165, 1.54) is 29.5 Å². The van der Waals surface area contributed by atoms with E-state index in [0.29, 0.717) is 20.5 Å². The summed E-state index contributed by atoms with van der Waals surface area (Å²) in [7, 11) is 0. The zero-order valence-electron chi connectivity index (χ0n) is 15.9. The quantitative estimate of drug-likeness (QED) is 0.209. The lowest BCUT2D eigenvalue weighted by atomic mass is 10.1. The number of thiazole rings is 1. The van der Waals surface area contributed by atoms with Gasteiger partial charge in [-0.15, -0.1) is 0 Å². The number of ether oxygens (including phenoxy) is 2. The van der Waals surface area contributed by atoms with Crippen LogP contribution in [0.1, 0.15) is 19.4 Å². The minimum absolute atomic E-state index is 0.0187. The van der Waals surface area contributed by atoms with Gasteiger partial charge in [0.05, 0.1) is 33.2 Å². The Morgan fingerprint density at radius 2 is 2.10 bits per heavy atom. The second-order valence-corrected chi connectivity index (χ2v) is 7.29. The number of hydrogen-bond donors (Lipinski definition) is 0. The minimum atomic E-state index is -0.617. The first-order chi connectivity index (χ1) is 14.4. The molecule has 30 heavy (non-hydrogen) atoms. The number of imidazole rings is 1. The summed E-state index contributed by atoms with van der Waals surface area (Å²) >= 11 is 1.14. The SMILES string of the molecule is CCOc1cc([N+](=O)[O-])cc(/C=c2\sc3nc4ccccc4n3c2=O)c1OC(C)=O. The number of non-ortho nitro benzene ring substituents is 1. The molecule has 2 aromatic heterocycles. The van der Waals surface area contributed by atoms with E-state index in [9.17, 15) is 19.7 Å². The summed E-state index contributed by atoms with van der Waals surface area (Å²) in [6.45, 7) is 3.13. The molecule has 9 nitrogen and oxygen atoms in total. The van der Waals surface area contributed by atoms with Gasteiger partial charge in [-0.2, -0.15) is 0 Å². The van der Waals surface area contributed by atoms with E-state index >= 15 is 0 Å². The second-order valence-electron chi connectivity index (χ2n) is 6.28. The van der Waals surface area contributed by atoms with Crippen molar-refractivity contribution in [3.8, 4) is 11.5 Å². The van der Waals surface area contributed by atoms with Gasteiger partial charge >= 0.3 is 5.97 Å². The number of esters is 1. The predicted molar refractivity (Wildman–Crippen MR) is 111 cm³/mol. The third-order valence-electron chi connectivity index (χ3n) is 4.26. The molecule has 4 aromatic rings. The first-order valence-electron chi connectivity index (χ1n) is 8.94. The molecule has 0 saturated heterocycles. The molecule has 0 unspecified atom stereocenters. The van der Waals surface area contributed by atoms with Gasteiger partial charge < -0.3 is 9.47 Å². The zero-order chi connectivity index (χ0) is 21.4. The molecule has 0 fully saturated rings. The molecule has 10 heteroatoms. The van der Waals surface area contributed by atoms with Crippen LogP contribution in [0.5, 0.6) is 11.5 Å². The van der Waals surface area contributed by atoms with Crippen LogP contribution in [-0.2, 0) is 4.79 Å². The standard InChI is InChI=1S/C20H15N3O6S/c1-3-28-16-10-13(23(26)27)8-12(18(16)29-11(2)24)9-17-19(25)22-15-7-5-4-6-14(15)21-20(22)30-17/h4-10H,3H2,1-2H3/b17-9-. The predicted octanol–water partition coefficient (Wildman–Crippen LogP) is 2.69.